The normalized spacial score (nSPS) is 14.9. The Bertz CT molecular complexity index is 320. The maximum Gasteiger partial charge on any atom is 0.0605 e. The highest BCUT2D eigenvalue weighted by Gasteiger charge is 2.14. The van der Waals surface area contributed by atoms with Crippen LogP contribution in [-0.2, 0) is 0 Å². The van der Waals surface area contributed by atoms with Gasteiger partial charge in [-0.25, -0.2) is 0 Å². The van der Waals surface area contributed by atoms with Crippen molar-refractivity contribution in [3.05, 3.63) is 23.8 Å². The fourth-order valence-electron chi connectivity index (χ4n) is 2.00. The van der Waals surface area contributed by atoms with Gasteiger partial charge in [0, 0.05) is 19.6 Å². The summed E-state index contributed by atoms with van der Waals surface area (Å²) in [7, 11) is 0. The van der Waals surface area contributed by atoms with E-state index in [-0.39, 0.29) is 0 Å². The quantitative estimate of drug-likeness (QED) is 0.771. The minimum Gasteiger partial charge on any atom is -0.382 e. The van der Waals surface area contributed by atoms with Crippen LogP contribution in [-0.4, -0.2) is 19.6 Å². The molecule has 2 heteroatoms. The van der Waals surface area contributed by atoms with Crippen LogP contribution < -0.4 is 10.2 Å². The van der Waals surface area contributed by atoms with Crippen molar-refractivity contribution in [3.8, 4) is 0 Å². The molecule has 1 N–H and O–H groups in total. The molecule has 14 heavy (non-hydrogen) atoms. The monoisotopic (exact) mass is 190 g/mol. The highest BCUT2D eigenvalue weighted by molar-refractivity contribution is 5.72. The number of nitrogens with one attached hydrogen (secondary N) is 1. The van der Waals surface area contributed by atoms with E-state index in [1.807, 2.05) is 0 Å². The molecule has 1 heterocycles. The molecule has 0 spiro atoms. The molecule has 0 radical (unpaired) electrons. The molecule has 1 aliphatic heterocycles. The van der Waals surface area contributed by atoms with Crippen LogP contribution in [0, 0.1) is 6.92 Å². The fraction of sp³-hybridized carbons (Fsp3) is 0.500. The molecule has 0 aromatic heterocycles. The van der Waals surface area contributed by atoms with Crippen LogP contribution in [0.3, 0.4) is 0 Å². The molecular formula is C12H18N2. The molecule has 1 aromatic carbocycles. The second-order valence-corrected chi connectivity index (χ2v) is 3.93. The summed E-state index contributed by atoms with van der Waals surface area (Å²) in [6.45, 7) is 7.75. The first kappa shape index (κ1) is 9.38. The molecule has 0 atom stereocenters. The molecule has 0 saturated carbocycles. The van der Waals surface area contributed by atoms with Crippen molar-refractivity contribution in [2.75, 3.05) is 29.9 Å². The molecule has 0 bridgehead atoms. The molecule has 2 rings (SSSR count). The molecule has 0 amide bonds. The fourth-order valence-corrected chi connectivity index (χ4v) is 2.00. The number of aryl methyl sites for hydroxylation is 1. The van der Waals surface area contributed by atoms with E-state index in [2.05, 4.69) is 42.3 Å². The Hall–Kier alpha value is -1.18. The number of anilines is 2. The predicted octanol–water partition coefficient (Wildman–Crippen LogP) is 2.64. The smallest absolute Gasteiger partial charge is 0.0605 e. The van der Waals surface area contributed by atoms with Gasteiger partial charge in [0.25, 0.3) is 0 Å². The Kier molecular flexibility index (Phi) is 2.62. The van der Waals surface area contributed by atoms with Gasteiger partial charge in [0.05, 0.1) is 11.4 Å². The van der Waals surface area contributed by atoms with Crippen LogP contribution >= 0.6 is 0 Å². The Labute approximate surface area is 85.9 Å². The molecule has 0 unspecified atom stereocenters. The standard InChI is InChI=1S/C12H18N2/c1-3-7-14-8-6-13-11-5-4-10(2)9-12(11)14/h4-5,9,13H,3,6-8H2,1-2H3. The van der Waals surface area contributed by atoms with E-state index >= 15 is 0 Å². The van der Waals surface area contributed by atoms with Gasteiger partial charge in [0.15, 0.2) is 0 Å². The lowest BCUT2D eigenvalue weighted by atomic mass is 10.1. The Morgan fingerprint density at radius 3 is 3.07 bits per heavy atom. The van der Waals surface area contributed by atoms with Crippen LogP contribution in [0.1, 0.15) is 18.9 Å². The van der Waals surface area contributed by atoms with Gasteiger partial charge in [0.2, 0.25) is 0 Å². The van der Waals surface area contributed by atoms with Crippen molar-refractivity contribution >= 4 is 11.4 Å². The Morgan fingerprint density at radius 2 is 2.29 bits per heavy atom. The summed E-state index contributed by atoms with van der Waals surface area (Å²) in [5, 5.41) is 3.44. The number of nitrogens with zero attached hydrogens (tertiary/aromatic N) is 1. The summed E-state index contributed by atoms with van der Waals surface area (Å²) in [6, 6.07) is 6.63. The summed E-state index contributed by atoms with van der Waals surface area (Å²) >= 11 is 0. The highest BCUT2D eigenvalue weighted by atomic mass is 15.2. The number of fused-ring (bicyclic) bond motifs is 1. The minimum absolute atomic E-state index is 1.07. The average Bonchev–Trinajstić information content (AvgIpc) is 2.19. The van der Waals surface area contributed by atoms with Gasteiger partial charge in [-0.05, 0) is 31.0 Å². The molecule has 2 nitrogen and oxygen atoms in total. The van der Waals surface area contributed by atoms with E-state index in [1.165, 1.54) is 23.4 Å². The van der Waals surface area contributed by atoms with Crippen LogP contribution in [0.4, 0.5) is 11.4 Å². The summed E-state index contributed by atoms with van der Waals surface area (Å²) in [5.74, 6) is 0. The maximum atomic E-state index is 3.44. The number of hydrogen-bond donors (Lipinski definition) is 1. The molecule has 0 aliphatic carbocycles. The number of benzene rings is 1. The van der Waals surface area contributed by atoms with Crippen LogP contribution in [0.5, 0.6) is 0 Å². The number of hydrogen-bond acceptors (Lipinski definition) is 2. The zero-order chi connectivity index (χ0) is 9.97. The lowest BCUT2D eigenvalue weighted by Gasteiger charge is -2.32. The van der Waals surface area contributed by atoms with Gasteiger partial charge in [-0.2, -0.15) is 0 Å². The van der Waals surface area contributed by atoms with Crippen molar-refractivity contribution in [1.29, 1.82) is 0 Å². The highest BCUT2D eigenvalue weighted by Crippen LogP contribution is 2.29. The maximum absolute atomic E-state index is 3.44. The first-order valence-electron chi connectivity index (χ1n) is 5.40. The van der Waals surface area contributed by atoms with E-state index in [0.29, 0.717) is 0 Å². The summed E-state index contributed by atoms with van der Waals surface area (Å²) in [4.78, 5) is 2.47. The van der Waals surface area contributed by atoms with E-state index in [0.717, 1.165) is 19.6 Å². The van der Waals surface area contributed by atoms with Gasteiger partial charge in [-0.3, -0.25) is 0 Å². The largest absolute Gasteiger partial charge is 0.382 e. The third-order valence-corrected chi connectivity index (χ3v) is 2.68. The van der Waals surface area contributed by atoms with Crippen molar-refractivity contribution < 1.29 is 0 Å². The van der Waals surface area contributed by atoms with Gasteiger partial charge >= 0.3 is 0 Å². The van der Waals surface area contributed by atoms with E-state index in [9.17, 15) is 0 Å². The van der Waals surface area contributed by atoms with Crippen LogP contribution in [0.15, 0.2) is 18.2 Å². The van der Waals surface area contributed by atoms with E-state index in [1.54, 1.807) is 0 Å². The first-order chi connectivity index (χ1) is 6.81. The average molecular weight is 190 g/mol. The second-order valence-electron chi connectivity index (χ2n) is 3.93. The molecule has 76 valence electrons. The van der Waals surface area contributed by atoms with Gasteiger partial charge in [-0.1, -0.05) is 13.0 Å². The van der Waals surface area contributed by atoms with Crippen LogP contribution in [0.25, 0.3) is 0 Å². The molecule has 1 aromatic rings. The summed E-state index contributed by atoms with van der Waals surface area (Å²) < 4.78 is 0. The molecular weight excluding hydrogens is 172 g/mol. The SMILES string of the molecule is CCCN1CCNc2ccc(C)cc21. The van der Waals surface area contributed by atoms with Crippen molar-refractivity contribution in [2.24, 2.45) is 0 Å². The first-order valence-corrected chi connectivity index (χ1v) is 5.40. The molecule has 0 fully saturated rings. The lowest BCUT2D eigenvalue weighted by molar-refractivity contribution is 0.759. The zero-order valence-corrected chi connectivity index (χ0v) is 9.01. The predicted molar refractivity (Wildman–Crippen MR) is 62.2 cm³/mol. The topological polar surface area (TPSA) is 15.3 Å². The van der Waals surface area contributed by atoms with Crippen molar-refractivity contribution in [1.82, 2.24) is 0 Å². The minimum atomic E-state index is 1.07. The molecule has 1 aliphatic rings. The van der Waals surface area contributed by atoms with E-state index < -0.39 is 0 Å². The van der Waals surface area contributed by atoms with Crippen molar-refractivity contribution in [3.63, 3.8) is 0 Å². The van der Waals surface area contributed by atoms with Crippen LogP contribution in [0.2, 0.25) is 0 Å². The summed E-state index contributed by atoms with van der Waals surface area (Å²) in [5.41, 5.74) is 4.00. The van der Waals surface area contributed by atoms with Gasteiger partial charge in [-0.15, -0.1) is 0 Å². The van der Waals surface area contributed by atoms with Crippen molar-refractivity contribution in [2.45, 2.75) is 20.3 Å². The third kappa shape index (κ3) is 1.69. The second kappa shape index (κ2) is 3.91. The van der Waals surface area contributed by atoms with Gasteiger partial charge in [0.1, 0.15) is 0 Å². The number of rotatable bonds is 2. The van der Waals surface area contributed by atoms with E-state index in [4.69, 9.17) is 0 Å². The lowest BCUT2D eigenvalue weighted by Crippen LogP contribution is -2.34. The Balaban J connectivity index is 2.32. The van der Waals surface area contributed by atoms with Gasteiger partial charge < -0.3 is 10.2 Å². The Morgan fingerprint density at radius 1 is 1.43 bits per heavy atom. The molecule has 0 saturated heterocycles. The zero-order valence-electron chi connectivity index (χ0n) is 9.01. The summed E-state index contributed by atoms with van der Waals surface area (Å²) in [6.07, 6.45) is 1.22. The third-order valence-electron chi connectivity index (χ3n) is 2.68.